The van der Waals surface area contributed by atoms with Crippen LogP contribution in [-0.4, -0.2) is 34.4 Å². The van der Waals surface area contributed by atoms with Crippen LogP contribution >= 0.6 is 22.6 Å². The van der Waals surface area contributed by atoms with Gasteiger partial charge in [-0.25, -0.2) is 18.7 Å². The highest BCUT2D eigenvalue weighted by atomic mass is 127. The van der Waals surface area contributed by atoms with Gasteiger partial charge in [-0.2, -0.15) is 0 Å². The maximum atomic E-state index is 14.3. The Balaban J connectivity index is 2.32. The highest BCUT2D eigenvalue weighted by Gasteiger charge is 2.30. The number of aliphatic hydroxyl groups is 2. The Hall–Kier alpha value is -1.89. The van der Waals surface area contributed by atoms with Gasteiger partial charge in [0.15, 0.2) is 11.6 Å². The monoisotopic (exact) mass is 510 g/mol. The van der Waals surface area contributed by atoms with E-state index in [0.717, 1.165) is 12.1 Å². The number of amides is 1. The third-order valence-corrected chi connectivity index (χ3v) is 4.58. The first kappa shape index (κ1) is 22.4. The van der Waals surface area contributed by atoms with Gasteiger partial charge in [0, 0.05) is 3.57 Å². The van der Waals surface area contributed by atoms with Crippen molar-refractivity contribution in [3.8, 4) is 0 Å². The number of hydroxylamine groups is 1. The van der Waals surface area contributed by atoms with Crippen molar-refractivity contribution >= 4 is 39.9 Å². The number of hydrogen-bond acceptors (Lipinski definition) is 5. The number of carbonyl (C=O) groups is 1. The summed E-state index contributed by atoms with van der Waals surface area (Å²) in [5, 5.41) is 21.0. The molecule has 1 amide bonds. The molecule has 0 heterocycles. The highest BCUT2D eigenvalue weighted by molar-refractivity contribution is 14.1. The fraction of sp³-hybridized carbons (Fsp3) is 0.278. The SMILES string of the molecule is CC(C)(ONC(=O)c1ccc(F)c(F)c1Nc1ccc(I)cc1F)C(O)CO. The molecule has 10 heteroatoms. The van der Waals surface area contributed by atoms with Gasteiger partial charge in [0.25, 0.3) is 5.91 Å². The van der Waals surface area contributed by atoms with Crippen LogP contribution in [0.5, 0.6) is 0 Å². The van der Waals surface area contributed by atoms with Crippen molar-refractivity contribution in [2.75, 3.05) is 11.9 Å². The van der Waals surface area contributed by atoms with Crippen molar-refractivity contribution in [3.05, 3.63) is 56.9 Å². The molecule has 6 nitrogen and oxygen atoms in total. The summed E-state index contributed by atoms with van der Waals surface area (Å²) in [7, 11) is 0. The van der Waals surface area contributed by atoms with Crippen LogP contribution in [0, 0.1) is 21.0 Å². The maximum Gasteiger partial charge on any atom is 0.277 e. The molecule has 0 radical (unpaired) electrons. The third kappa shape index (κ3) is 5.13. The van der Waals surface area contributed by atoms with Crippen molar-refractivity contribution in [3.63, 3.8) is 0 Å². The van der Waals surface area contributed by atoms with Gasteiger partial charge in [0.1, 0.15) is 17.5 Å². The minimum absolute atomic E-state index is 0.157. The normalized spacial score (nSPS) is 12.6. The Morgan fingerprint density at radius 1 is 1.21 bits per heavy atom. The quantitative estimate of drug-likeness (QED) is 0.340. The van der Waals surface area contributed by atoms with E-state index >= 15 is 0 Å². The number of rotatable bonds is 7. The van der Waals surface area contributed by atoms with Crippen molar-refractivity contribution in [1.29, 1.82) is 0 Å². The summed E-state index contributed by atoms with van der Waals surface area (Å²) < 4.78 is 42.7. The Labute approximate surface area is 172 Å². The summed E-state index contributed by atoms with van der Waals surface area (Å²) in [6.07, 6.45) is -1.31. The molecule has 2 aromatic carbocycles. The molecule has 1 atom stereocenters. The molecule has 0 spiro atoms. The summed E-state index contributed by atoms with van der Waals surface area (Å²) in [6.45, 7) is 2.19. The Kier molecular flexibility index (Phi) is 7.26. The molecule has 4 N–H and O–H groups in total. The lowest BCUT2D eigenvalue weighted by Gasteiger charge is -2.28. The van der Waals surface area contributed by atoms with Crippen LogP contribution in [0.4, 0.5) is 24.5 Å². The minimum Gasteiger partial charge on any atom is -0.394 e. The lowest BCUT2D eigenvalue weighted by atomic mass is 10.0. The molecule has 0 aliphatic carbocycles. The predicted octanol–water partition coefficient (Wildman–Crippen LogP) is 3.25. The van der Waals surface area contributed by atoms with Crippen LogP contribution in [0.1, 0.15) is 24.2 Å². The van der Waals surface area contributed by atoms with Crippen molar-refractivity contribution in [2.24, 2.45) is 0 Å². The molecule has 0 aliphatic heterocycles. The van der Waals surface area contributed by atoms with Crippen LogP contribution in [0.2, 0.25) is 0 Å². The molecule has 0 fully saturated rings. The van der Waals surface area contributed by atoms with Crippen molar-refractivity contribution in [2.45, 2.75) is 25.6 Å². The molecule has 1 unspecified atom stereocenters. The second-order valence-corrected chi connectivity index (χ2v) is 7.61. The summed E-state index contributed by atoms with van der Waals surface area (Å²) in [4.78, 5) is 17.5. The van der Waals surface area contributed by atoms with E-state index in [-0.39, 0.29) is 11.3 Å². The first-order chi connectivity index (χ1) is 13.1. The predicted molar refractivity (Wildman–Crippen MR) is 104 cm³/mol. The van der Waals surface area contributed by atoms with E-state index in [1.807, 2.05) is 28.1 Å². The van der Waals surface area contributed by atoms with E-state index in [0.29, 0.717) is 3.57 Å². The van der Waals surface area contributed by atoms with Crippen LogP contribution in [0.25, 0.3) is 0 Å². The van der Waals surface area contributed by atoms with Crippen molar-refractivity contribution in [1.82, 2.24) is 5.48 Å². The largest absolute Gasteiger partial charge is 0.394 e. The highest BCUT2D eigenvalue weighted by Crippen LogP contribution is 2.28. The van der Waals surface area contributed by atoms with Gasteiger partial charge in [0.05, 0.1) is 23.5 Å². The van der Waals surface area contributed by atoms with E-state index < -0.39 is 47.4 Å². The van der Waals surface area contributed by atoms with Crippen LogP contribution in [-0.2, 0) is 4.84 Å². The van der Waals surface area contributed by atoms with Gasteiger partial charge < -0.3 is 15.5 Å². The van der Waals surface area contributed by atoms with E-state index in [2.05, 4.69) is 5.32 Å². The van der Waals surface area contributed by atoms with Crippen LogP contribution in [0.15, 0.2) is 30.3 Å². The lowest BCUT2D eigenvalue weighted by Crippen LogP contribution is -2.46. The van der Waals surface area contributed by atoms with Gasteiger partial charge >= 0.3 is 0 Å². The third-order valence-electron chi connectivity index (χ3n) is 3.91. The zero-order valence-corrected chi connectivity index (χ0v) is 17.1. The molecule has 0 aromatic heterocycles. The van der Waals surface area contributed by atoms with Gasteiger partial charge in [0.2, 0.25) is 0 Å². The van der Waals surface area contributed by atoms with E-state index in [4.69, 9.17) is 9.94 Å². The second-order valence-electron chi connectivity index (χ2n) is 6.37. The fourth-order valence-electron chi connectivity index (χ4n) is 2.11. The smallest absolute Gasteiger partial charge is 0.277 e. The first-order valence-electron chi connectivity index (χ1n) is 8.04. The van der Waals surface area contributed by atoms with E-state index in [1.165, 1.54) is 26.0 Å². The van der Waals surface area contributed by atoms with Crippen molar-refractivity contribution < 1.29 is 33.0 Å². The first-order valence-corrected chi connectivity index (χ1v) is 9.12. The van der Waals surface area contributed by atoms with Gasteiger partial charge in [-0.05, 0) is 66.8 Å². The molecule has 0 saturated heterocycles. The fourth-order valence-corrected chi connectivity index (χ4v) is 2.56. The zero-order valence-electron chi connectivity index (χ0n) is 14.9. The zero-order chi connectivity index (χ0) is 21.1. The second kappa shape index (κ2) is 9.07. The number of carbonyl (C=O) groups excluding carboxylic acids is 1. The lowest BCUT2D eigenvalue weighted by molar-refractivity contribution is -0.144. The van der Waals surface area contributed by atoms with E-state index in [1.54, 1.807) is 6.07 Å². The Morgan fingerprint density at radius 3 is 2.50 bits per heavy atom. The molecule has 0 saturated carbocycles. The van der Waals surface area contributed by atoms with Crippen LogP contribution < -0.4 is 10.8 Å². The molecule has 2 rings (SSSR count). The number of halogens is 4. The van der Waals surface area contributed by atoms with Gasteiger partial charge in [-0.15, -0.1) is 0 Å². The number of hydrogen-bond donors (Lipinski definition) is 4. The molecular formula is C18H18F3IN2O4. The summed E-state index contributed by atoms with van der Waals surface area (Å²) >= 11 is 1.89. The molecule has 2 aromatic rings. The summed E-state index contributed by atoms with van der Waals surface area (Å²) in [6, 6.07) is 5.79. The summed E-state index contributed by atoms with van der Waals surface area (Å²) in [5.74, 6) is -4.29. The number of nitrogens with one attached hydrogen (secondary N) is 2. The number of anilines is 2. The maximum absolute atomic E-state index is 14.3. The Bertz CT molecular complexity index is 880. The minimum atomic E-state index is -1.37. The molecule has 152 valence electrons. The number of aliphatic hydroxyl groups excluding tert-OH is 2. The van der Waals surface area contributed by atoms with Crippen LogP contribution in [0.3, 0.4) is 0 Å². The molecule has 28 heavy (non-hydrogen) atoms. The molecule has 0 bridgehead atoms. The van der Waals surface area contributed by atoms with Gasteiger partial charge in [-0.1, -0.05) is 0 Å². The molecular weight excluding hydrogens is 492 g/mol. The topological polar surface area (TPSA) is 90.8 Å². The standard InChI is InChI=1S/C18H18F3IN2O4/c1-18(2,14(26)8-25)28-24-17(27)10-4-5-11(19)15(21)16(10)23-13-6-3-9(22)7-12(13)20/h3-7,14,23,25-26H,8H2,1-2H3,(H,24,27). The Morgan fingerprint density at radius 2 is 1.89 bits per heavy atom. The summed E-state index contributed by atoms with van der Waals surface area (Å²) in [5.41, 5.74) is -0.439. The number of benzene rings is 2. The molecule has 0 aliphatic rings. The average Bonchev–Trinajstić information content (AvgIpc) is 2.64. The van der Waals surface area contributed by atoms with E-state index in [9.17, 15) is 23.1 Å². The average molecular weight is 510 g/mol. The van der Waals surface area contributed by atoms with Gasteiger partial charge in [-0.3, -0.25) is 9.63 Å².